The van der Waals surface area contributed by atoms with Crippen LogP contribution in [0.5, 0.6) is 0 Å². The van der Waals surface area contributed by atoms with E-state index < -0.39 is 47.5 Å². The van der Waals surface area contributed by atoms with E-state index in [1.54, 1.807) is 20.0 Å². The molecule has 0 bridgehead atoms. The highest BCUT2D eigenvalue weighted by Crippen LogP contribution is 2.23. The summed E-state index contributed by atoms with van der Waals surface area (Å²) in [5.74, 6) is -1.91. The molecule has 1 aromatic carbocycles. The van der Waals surface area contributed by atoms with E-state index in [1.165, 1.54) is 11.8 Å². The van der Waals surface area contributed by atoms with Gasteiger partial charge in [-0.25, -0.2) is 0 Å². The molecule has 2 aromatic rings. The molecule has 11 heteroatoms. The Morgan fingerprint density at radius 1 is 1.02 bits per heavy atom. The quantitative estimate of drug-likeness (QED) is 0.281. The first-order chi connectivity index (χ1) is 21.5. The summed E-state index contributed by atoms with van der Waals surface area (Å²) in [6.07, 6.45) is 4.56. The normalized spacial score (nSPS) is 24.9. The van der Waals surface area contributed by atoms with Gasteiger partial charge in [-0.2, -0.15) is 0 Å². The number of nitrogens with one attached hydrogen (secondary N) is 3. The van der Waals surface area contributed by atoms with E-state index in [9.17, 15) is 29.1 Å². The summed E-state index contributed by atoms with van der Waals surface area (Å²) >= 11 is 0. The third kappa shape index (κ3) is 8.54. The monoisotopic (exact) mass is 619 g/mol. The first kappa shape index (κ1) is 33.8. The Labute approximate surface area is 264 Å². The minimum absolute atomic E-state index is 0.214. The number of hydrogen-bond acceptors (Lipinski definition) is 7. The fourth-order valence-corrected chi connectivity index (χ4v) is 5.84. The molecule has 3 heterocycles. The van der Waals surface area contributed by atoms with Gasteiger partial charge in [0.15, 0.2) is 5.78 Å². The van der Waals surface area contributed by atoms with Crippen molar-refractivity contribution in [3.05, 3.63) is 54.2 Å². The molecule has 1 aromatic heterocycles. The Balaban J connectivity index is 1.53. The molecule has 0 aliphatic carbocycles. The number of pyridine rings is 1. The van der Waals surface area contributed by atoms with Crippen molar-refractivity contribution in [2.75, 3.05) is 6.54 Å². The third-order valence-electron chi connectivity index (χ3n) is 8.92. The second-order valence-electron chi connectivity index (χ2n) is 12.3. The van der Waals surface area contributed by atoms with Crippen LogP contribution in [0.1, 0.15) is 77.7 Å². The SMILES string of the molecule is CC[C@]1(C)NC(=O)[C@H](CCCCCC(=O)[C@@H](C)O)NC(=O)[C@H]2CCCN2C(=O)[C@H](Cc2ccc(-c3ccccn3)cc2)NC1=O. The summed E-state index contributed by atoms with van der Waals surface area (Å²) in [7, 11) is 0. The lowest BCUT2D eigenvalue weighted by molar-refractivity contribution is -0.144. The number of hydrogen-bond donors (Lipinski definition) is 4. The largest absolute Gasteiger partial charge is 0.386 e. The fourth-order valence-electron chi connectivity index (χ4n) is 5.84. The highest BCUT2D eigenvalue weighted by atomic mass is 16.3. The number of nitrogens with zero attached hydrogens (tertiary/aromatic N) is 2. The zero-order valence-electron chi connectivity index (χ0n) is 26.4. The van der Waals surface area contributed by atoms with E-state index in [4.69, 9.17) is 0 Å². The Morgan fingerprint density at radius 3 is 2.44 bits per heavy atom. The third-order valence-corrected chi connectivity index (χ3v) is 8.92. The van der Waals surface area contributed by atoms with E-state index in [0.29, 0.717) is 45.1 Å². The van der Waals surface area contributed by atoms with Gasteiger partial charge in [0.25, 0.3) is 0 Å². The van der Waals surface area contributed by atoms with E-state index >= 15 is 0 Å². The Hall–Kier alpha value is -4.12. The second kappa shape index (κ2) is 15.2. The lowest BCUT2D eigenvalue weighted by atomic mass is 9.94. The number of rotatable bonds is 11. The van der Waals surface area contributed by atoms with E-state index in [-0.39, 0.29) is 31.0 Å². The number of amides is 4. The van der Waals surface area contributed by atoms with Crippen LogP contribution >= 0.6 is 0 Å². The van der Waals surface area contributed by atoms with Crippen molar-refractivity contribution in [1.29, 1.82) is 0 Å². The van der Waals surface area contributed by atoms with Gasteiger partial charge in [-0.05, 0) is 63.6 Å². The highest BCUT2D eigenvalue weighted by molar-refractivity contribution is 5.99. The van der Waals surface area contributed by atoms with Gasteiger partial charge in [-0.1, -0.05) is 50.1 Å². The molecule has 0 spiro atoms. The van der Waals surface area contributed by atoms with Crippen LogP contribution in [0.4, 0.5) is 0 Å². The van der Waals surface area contributed by atoms with Crippen LogP contribution in [0.2, 0.25) is 0 Å². The topological polar surface area (TPSA) is 158 Å². The zero-order chi connectivity index (χ0) is 32.6. The van der Waals surface area contributed by atoms with Crippen molar-refractivity contribution in [2.24, 2.45) is 0 Å². The molecule has 0 saturated carbocycles. The molecule has 2 aliphatic rings. The summed E-state index contributed by atoms with van der Waals surface area (Å²) in [5.41, 5.74) is 1.26. The molecule has 11 nitrogen and oxygen atoms in total. The minimum Gasteiger partial charge on any atom is -0.386 e. The lowest BCUT2D eigenvalue weighted by Gasteiger charge is -2.36. The van der Waals surface area contributed by atoms with Crippen molar-refractivity contribution < 1.29 is 29.1 Å². The number of carbonyl (C=O) groups is 5. The molecule has 5 atom stereocenters. The second-order valence-corrected chi connectivity index (χ2v) is 12.3. The zero-order valence-corrected chi connectivity index (χ0v) is 26.4. The number of fused-ring (bicyclic) bond motifs is 1. The Morgan fingerprint density at radius 2 is 1.78 bits per heavy atom. The molecular formula is C34H45N5O6. The first-order valence-electron chi connectivity index (χ1n) is 16.0. The summed E-state index contributed by atoms with van der Waals surface area (Å²) in [6, 6.07) is 10.7. The van der Waals surface area contributed by atoms with Crippen LogP contribution in [0.15, 0.2) is 48.7 Å². The number of aliphatic hydroxyl groups is 1. The molecule has 45 heavy (non-hydrogen) atoms. The Kier molecular flexibility index (Phi) is 11.4. The van der Waals surface area contributed by atoms with Crippen molar-refractivity contribution in [3.8, 4) is 11.3 Å². The number of Topliss-reactive ketones (excluding diaryl/α,β-unsaturated/α-hetero) is 1. The van der Waals surface area contributed by atoms with Crippen LogP contribution < -0.4 is 16.0 Å². The number of benzene rings is 1. The number of ketones is 1. The highest BCUT2D eigenvalue weighted by Gasteiger charge is 2.43. The first-order valence-corrected chi connectivity index (χ1v) is 16.0. The van der Waals surface area contributed by atoms with E-state index in [0.717, 1.165) is 16.8 Å². The fraction of sp³-hybridized carbons (Fsp3) is 0.529. The molecule has 4 rings (SSSR count). The summed E-state index contributed by atoms with van der Waals surface area (Å²) in [4.78, 5) is 72.5. The summed E-state index contributed by atoms with van der Waals surface area (Å²) in [6.45, 7) is 5.21. The van der Waals surface area contributed by atoms with Crippen LogP contribution in [0, 0.1) is 0 Å². The lowest BCUT2D eigenvalue weighted by Crippen LogP contribution is -2.65. The average molecular weight is 620 g/mol. The van der Waals surface area contributed by atoms with Gasteiger partial charge >= 0.3 is 0 Å². The van der Waals surface area contributed by atoms with E-state index in [1.807, 2.05) is 42.5 Å². The smallest absolute Gasteiger partial charge is 0.246 e. The molecule has 4 amide bonds. The van der Waals surface area contributed by atoms with Crippen LogP contribution in [-0.4, -0.2) is 80.7 Å². The average Bonchev–Trinajstić information content (AvgIpc) is 3.53. The van der Waals surface area contributed by atoms with Gasteiger partial charge in [-0.3, -0.25) is 29.0 Å². The number of aromatic nitrogens is 1. The molecule has 0 radical (unpaired) electrons. The van der Waals surface area contributed by atoms with Gasteiger partial charge in [0, 0.05) is 31.1 Å². The van der Waals surface area contributed by atoms with Crippen molar-refractivity contribution in [1.82, 2.24) is 25.8 Å². The van der Waals surface area contributed by atoms with Crippen molar-refractivity contribution in [2.45, 2.75) is 108 Å². The van der Waals surface area contributed by atoms with Gasteiger partial charge in [0.2, 0.25) is 23.6 Å². The minimum atomic E-state index is -1.32. The molecule has 2 fully saturated rings. The van der Waals surface area contributed by atoms with Crippen LogP contribution in [0.3, 0.4) is 0 Å². The van der Waals surface area contributed by atoms with Gasteiger partial charge in [0.05, 0.1) is 5.69 Å². The summed E-state index contributed by atoms with van der Waals surface area (Å²) < 4.78 is 0. The van der Waals surface area contributed by atoms with Gasteiger partial charge < -0.3 is 26.0 Å². The molecule has 242 valence electrons. The van der Waals surface area contributed by atoms with Crippen LogP contribution in [-0.2, 0) is 30.4 Å². The predicted octanol–water partition coefficient (Wildman–Crippen LogP) is 2.45. The van der Waals surface area contributed by atoms with E-state index in [2.05, 4.69) is 20.9 Å². The standard InChI is InChI=1S/C34H45N5O6/c1-4-34(3)33(45)37-27(21-23-15-17-24(18-16-23)25-11-8-9-19-35-25)32(44)39-20-10-13-28(39)31(43)36-26(30(42)38-34)12-6-5-7-14-29(41)22(2)40/h8-9,11,15-19,22,26-28,40H,4-7,10,12-14,20-21H2,1-3H3,(H,36,43)(H,37,45)(H,38,42)/t22-,26+,27+,28-,34+/m1/s1. The van der Waals surface area contributed by atoms with Crippen molar-refractivity contribution >= 4 is 29.4 Å². The maximum Gasteiger partial charge on any atom is 0.246 e. The van der Waals surface area contributed by atoms with Gasteiger partial charge in [0.1, 0.15) is 29.8 Å². The molecule has 2 saturated heterocycles. The molecule has 0 unspecified atom stereocenters. The maximum atomic E-state index is 14.0. The van der Waals surface area contributed by atoms with Crippen molar-refractivity contribution in [3.63, 3.8) is 0 Å². The number of carbonyl (C=O) groups excluding carboxylic acids is 5. The van der Waals surface area contributed by atoms with Gasteiger partial charge in [-0.15, -0.1) is 0 Å². The number of aliphatic hydroxyl groups excluding tert-OH is 1. The number of unbranched alkanes of at least 4 members (excludes halogenated alkanes) is 2. The predicted molar refractivity (Wildman–Crippen MR) is 169 cm³/mol. The maximum absolute atomic E-state index is 14.0. The Bertz CT molecular complexity index is 1360. The molecular weight excluding hydrogens is 574 g/mol. The molecule has 4 N–H and O–H groups in total. The molecule has 2 aliphatic heterocycles. The van der Waals surface area contributed by atoms with Crippen LogP contribution in [0.25, 0.3) is 11.3 Å². The summed E-state index contributed by atoms with van der Waals surface area (Å²) in [5, 5.41) is 18.1.